The third-order valence-corrected chi connectivity index (χ3v) is 3.59. The van der Waals surface area contributed by atoms with E-state index >= 15 is 0 Å². The van der Waals surface area contributed by atoms with E-state index in [0.717, 1.165) is 25.5 Å². The molecule has 0 spiro atoms. The Morgan fingerprint density at radius 1 is 1.56 bits per heavy atom. The minimum absolute atomic E-state index is 0.378. The minimum atomic E-state index is 0.378. The number of imidazole rings is 1. The van der Waals surface area contributed by atoms with Gasteiger partial charge in [0.25, 0.3) is 0 Å². The van der Waals surface area contributed by atoms with Gasteiger partial charge in [-0.2, -0.15) is 0 Å². The van der Waals surface area contributed by atoms with Crippen molar-refractivity contribution in [1.82, 2.24) is 14.9 Å². The van der Waals surface area contributed by atoms with Crippen molar-refractivity contribution in [3.63, 3.8) is 0 Å². The number of hydrogen-bond donors (Lipinski definition) is 1. The lowest BCUT2D eigenvalue weighted by Gasteiger charge is -2.13. The van der Waals surface area contributed by atoms with Crippen LogP contribution in [0.25, 0.3) is 10.7 Å². The first-order valence-corrected chi connectivity index (χ1v) is 6.96. The number of methoxy groups -OCH3 is 1. The van der Waals surface area contributed by atoms with Gasteiger partial charge >= 0.3 is 0 Å². The van der Waals surface area contributed by atoms with Crippen molar-refractivity contribution in [3.05, 3.63) is 29.9 Å². The molecular weight excluding hydrogens is 246 g/mol. The molecule has 1 N–H and O–H groups in total. The van der Waals surface area contributed by atoms with Crippen LogP contribution in [0.3, 0.4) is 0 Å². The zero-order chi connectivity index (χ0) is 12.8. The summed E-state index contributed by atoms with van der Waals surface area (Å²) in [4.78, 5) is 5.63. The summed E-state index contributed by atoms with van der Waals surface area (Å²) in [5.74, 6) is 1.05. The predicted octanol–water partition coefficient (Wildman–Crippen LogP) is 2.24. The van der Waals surface area contributed by atoms with Crippen LogP contribution in [0.15, 0.2) is 29.9 Å². The maximum absolute atomic E-state index is 5.09. The zero-order valence-corrected chi connectivity index (χ0v) is 11.6. The fourth-order valence-corrected chi connectivity index (χ4v) is 2.60. The Morgan fingerprint density at radius 3 is 3.17 bits per heavy atom. The highest BCUT2D eigenvalue weighted by Crippen LogP contribution is 2.22. The second kappa shape index (κ2) is 6.68. The number of hydrogen-bond acceptors (Lipinski definition) is 4. The maximum atomic E-state index is 5.09. The van der Waals surface area contributed by atoms with Crippen molar-refractivity contribution < 1.29 is 4.74 Å². The zero-order valence-electron chi connectivity index (χ0n) is 10.8. The normalized spacial score (nSPS) is 12.8. The van der Waals surface area contributed by atoms with Crippen LogP contribution < -0.4 is 5.32 Å². The molecule has 1 atom stereocenters. The Morgan fingerprint density at radius 2 is 2.44 bits per heavy atom. The Bertz CT molecular complexity index is 453. The number of thiophene rings is 1. The third-order valence-electron chi connectivity index (χ3n) is 2.72. The first-order valence-electron chi connectivity index (χ1n) is 6.08. The van der Waals surface area contributed by atoms with Crippen molar-refractivity contribution >= 4 is 11.3 Å². The van der Waals surface area contributed by atoms with E-state index in [-0.39, 0.29) is 0 Å². The van der Waals surface area contributed by atoms with E-state index in [4.69, 9.17) is 4.74 Å². The number of aromatic nitrogens is 2. The van der Waals surface area contributed by atoms with Gasteiger partial charge in [-0.15, -0.1) is 11.3 Å². The Labute approximate surface area is 112 Å². The van der Waals surface area contributed by atoms with Crippen LogP contribution in [0.2, 0.25) is 0 Å². The molecule has 2 aromatic heterocycles. The van der Waals surface area contributed by atoms with Gasteiger partial charge in [-0.05, 0) is 18.4 Å². The molecule has 5 heteroatoms. The molecule has 0 saturated heterocycles. The highest BCUT2D eigenvalue weighted by molar-refractivity contribution is 7.13. The smallest absolute Gasteiger partial charge is 0.150 e. The van der Waals surface area contributed by atoms with Gasteiger partial charge in [0.1, 0.15) is 5.82 Å². The van der Waals surface area contributed by atoms with Gasteiger partial charge in [-0.25, -0.2) is 4.98 Å². The average Bonchev–Trinajstić information content (AvgIpc) is 2.98. The van der Waals surface area contributed by atoms with Crippen molar-refractivity contribution in [1.29, 1.82) is 0 Å². The molecule has 0 fully saturated rings. The van der Waals surface area contributed by atoms with Gasteiger partial charge in [-0.1, -0.05) is 6.07 Å². The van der Waals surface area contributed by atoms with Gasteiger partial charge < -0.3 is 14.6 Å². The summed E-state index contributed by atoms with van der Waals surface area (Å²) in [6.07, 6.45) is 3.88. The molecule has 0 bridgehead atoms. The Balaban J connectivity index is 1.89. The molecule has 18 heavy (non-hydrogen) atoms. The Hall–Kier alpha value is -1.17. The van der Waals surface area contributed by atoms with Gasteiger partial charge in [0.15, 0.2) is 0 Å². The molecule has 98 valence electrons. The molecule has 1 unspecified atom stereocenters. The van der Waals surface area contributed by atoms with Crippen LogP contribution in [-0.2, 0) is 11.3 Å². The summed E-state index contributed by atoms with van der Waals surface area (Å²) in [6, 6.07) is 4.53. The van der Waals surface area contributed by atoms with E-state index in [1.54, 1.807) is 18.4 Å². The lowest BCUT2D eigenvalue weighted by atomic mass is 10.3. The summed E-state index contributed by atoms with van der Waals surface area (Å²) in [5.41, 5.74) is 0. The number of nitrogens with zero attached hydrogens (tertiary/aromatic N) is 2. The van der Waals surface area contributed by atoms with E-state index in [1.807, 2.05) is 12.4 Å². The van der Waals surface area contributed by atoms with Gasteiger partial charge in [0.2, 0.25) is 0 Å². The summed E-state index contributed by atoms with van der Waals surface area (Å²) >= 11 is 1.72. The first kappa shape index (κ1) is 13.3. The number of nitrogens with one attached hydrogen (secondary N) is 1. The van der Waals surface area contributed by atoms with Crippen LogP contribution in [0.5, 0.6) is 0 Å². The molecule has 2 rings (SSSR count). The average molecular weight is 265 g/mol. The summed E-state index contributed by atoms with van der Waals surface area (Å²) in [7, 11) is 1.73. The van der Waals surface area contributed by atoms with E-state index in [9.17, 15) is 0 Å². The molecule has 0 saturated carbocycles. The van der Waals surface area contributed by atoms with Crippen molar-refractivity contribution in [2.24, 2.45) is 0 Å². The third kappa shape index (κ3) is 3.41. The van der Waals surface area contributed by atoms with E-state index in [0.29, 0.717) is 6.04 Å². The van der Waals surface area contributed by atoms with Crippen LogP contribution in [-0.4, -0.2) is 35.9 Å². The first-order chi connectivity index (χ1) is 8.81. The van der Waals surface area contributed by atoms with E-state index in [1.165, 1.54) is 4.88 Å². The summed E-state index contributed by atoms with van der Waals surface area (Å²) in [6.45, 7) is 4.69. The molecule has 0 radical (unpaired) electrons. The quantitative estimate of drug-likeness (QED) is 0.834. The van der Waals surface area contributed by atoms with Crippen molar-refractivity contribution in [2.75, 3.05) is 20.3 Å². The lowest BCUT2D eigenvalue weighted by molar-refractivity contribution is 0.172. The fraction of sp³-hybridized carbons (Fsp3) is 0.462. The molecule has 2 aromatic rings. The van der Waals surface area contributed by atoms with E-state index < -0.39 is 0 Å². The minimum Gasteiger partial charge on any atom is -0.383 e. The monoisotopic (exact) mass is 265 g/mol. The Kier molecular flexibility index (Phi) is 4.92. The SMILES string of the molecule is COCC(C)NCCn1ccnc1-c1cccs1. The predicted molar refractivity (Wildman–Crippen MR) is 74.9 cm³/mol. The molecule has 0 aromatic carbocycles. The maximum Gasteiger partial charge on any atom is 0.150 e. The molecular formula is C13H19N3OS. The fourth-order valence-electron chi connectivity index (χ4n) is 1.86. The summed E-state index contributed by atoms with van der Waals surface area (Å²) in [5, 5.41) is 5.50. The topological polar surface area (TPSA) is 39.1 Å². The standard InChI is InChI=1S/C13H19N3OS/c1-11(10-17-2)14-5-7-16-8-6-15-13(16)12-4-3-9-18-12/h3-4,6,8-9,11,14H,5,7,10H2,1-2H3. The molecule has 2 heterocycles. The van der Waals surface area contributed by atoms with Crippen LogP contribution in [0.1, 0.15) is 6.92 Å². The number of ether oxygens (including phenoxy) is 1. The molecule has 0 amide bonds. The highest BCUT2D eigenvalue weighted by Gasteiger charge is 2.06. The molecule has 0 aliphatic carbocycles. The highest BCUT2D eigenvalue weighted by atomic mass is 32.1. The van der Waals surface area contributed by atoms with Crippen molar-refractivity contribution in [2.45, 2.75) is 19.5 Å². The second-order valence-electron chi connectivity index (χ2n) is 4.23. The summed E-state index contributed by atoms with van der Waals surface area (Å²) < 4.78 is 7.27. The molecule has 0 aliphatic rings. The van der Waals surface area contributed by atoms with Crippen LogP contribution in [0.4, 0.5) is 0 Å². The van der Waals surface area contributed by atoms with Crippen LogP contribution >= 0.6 is 11.3 Å². The van der Waals surface area contributed by atoms with Crippen LogP contribution in [0, 0.1) is 0 Å². The second-order valence-corrected chi connectivity index (χ2v) is 5.18. The number of rotatable bonds is 7. The lowest BCUT2D eigenvalue weighted by Crippen LogP contribution is -2.32. The largest absolute Gasteiger partial charge is 0.383 e. The van der Waals surface area contributed by atoms with Gasteiger partial charge in [-0.3, -0.25) is 0 Å². The molecule has 4 nitrogen and oxygen atoms in total. The molecule has 0 aliphatic heterocycles. The van der Waals surface area contributed by atoms with E-state index in [2.05, 4.69) is 39.3 Å². The van der Waals surface area contributed by atoms with Gasteiger partial charge in [0.05, 0.1) is 11.5 Å². The van der Waals surface area contributed by atoms with Gasteiger partial charge in [0, 0.05) is 38.6 Å². The van der Waals surface area contributed by atoms with Crippen molar-refractivity contribution in [3.8, 4) is 10.7 Å².